The van der Waals surface area contributed by atoms with Crippen molar-refractivity contribution in [1.29, 1.82) is 0 Å². The molecule has 20 heavy (non-hydrogen) atoms. The maximum absolute atomic E-state index is 13.6. The smallest absolute Gasteiger partial charge is 0.123 e. The fourth-order valence-corrected chi connectivity index (χ4v) is 3.01. The molecule has 1 fully saturated rings. The van der Waals surface area contributed by atoms with Crippen molar-refractivity contribution in [1.82, 2.24) is 0 Å². The average molecular weight is 269 g/mol. The zero-order valence-corrected chi connectivity index (χ0v) is 11.8. The van der Waals surface area contributed by atoms with Crippen molar-refractivity contribution < 1.29 is 4.39 Å². The van der Waals surface area contributed by atoms with E-state index in [4.69, 9.17) is 5.73 Å². The van der Waals surface area contributed by atoms with E-state index in [2.05, 4.69) is 18.2 Å². The van der Waals surface area contributed by atoms with Crippen molar-refractivity contribution >= 4 is 0 Å². The first-order valence-electron chi connectivity index (χ1n) is 7.26. The van der Waals surface area contributed by atoms with Crippen molar-refractivity contribution in [3.63, 3.8) is 0 Å². The summed E-state index contributed by atoms with van der Waals surface area (Å²) in [5, 5.41) is 0. The molecule has 104 valence electrons. The lowest BCUT2D eigenvalue weighted by Gasteiger charge is -2.29. The van der Waals surface area contributed by atoms with Crippen molar-refractivity contribution in [2.75, 3.05) is 0 Å². The van der Waals surface area contributed by atoms with Crippen LogP contribution in [-0.4, -0.2) is 0 Å². The maximum atomic E-state index is 13.6. The number of halogens is 1. The molecular formula is C18H20FN. The molecule has 1 saturated carbocycles. The third kappa shape index (κ3) is 2.48. The Bertz CT molecular complexity index is 596. The predicted octanol–water partition coefficient (Wildman–Crippen LogP) is 4.45. The number of rotatable bonds is 3. The molecule has 2 aromatic carbocycles. The fraction of sp³-hybridized carbons (Fsp3) is 0.333. The van der Waals surface area contributed by atoms with E-state index in [-0.39, 0.29) is 11.9 Å². The van der Waals surface area contributed by atoms with Crippen LogP contribution in [0.1, 0.15) is 53.5 Å². The minimum atomic E-state index is -0.249. The van der Waals surface area contributed by atoms with E-state index < -0.39 is 0 Å². The molecule has 0 radical (unpaired) electrons. The molecule has 0 bridgehead atoms. The zero-order valence-electron chi connectivity index (χ0n) is 11.8. The molecule has 1 aliphatic carbocycles. The highest BCUT2D eigenvalue weighted by molar-refractivity contribution is 5.40. The van der Waals surface area contributed by atoms with Gasteiger partial charge in [-0.1, -0.05) is 36.8 Å². The van der Waals surface area contributed by atoms with Gasteiger partial charge in [-0.2, -0.15) is 0 Å². The largest absolute Gasteiger partial charge is 0.320 e. The van der Waals surface area contributed by atoms with Crippen LogP contribution in [0.4, 0.5) is 4.39 Å². The summed E-state index contributed by atoms with van der Waals surface area (Å²) in [6.45, 7) is 1.90. The maximum Gasteiger partial charge on any atom is 0.123 e. The first kappa shape index (κ1) is 13.3. The van der Waals surface area contributed by atoms with Crippen LogP contribution in [-0.2, 0) is 0 Å². The van der Waals surface area contributed by atoms with Gasteiger partial charge in [0.1, 0.15) is 5.82 Å². The van der Waals surface area contributed by atoms with E-state index in [1.54, 1.807) is 6.07 Å². The van der Waals surface area contributed by atoms with Gasteiger partial charge >= 0.3 is 0 Å². The molecule has 0 amide bonds. The van der Waals surface area contributed by atoms with Gasteiger partial charge in [0.25, 0.3) is 0 Å². The second-order valence-corrected chi connectivity index (χ2v) is 5.80. The number of nitrogens with two attached hydrogens (primary N) is 1. The lowest BCUT2D eigenvalue weighted by molar-refractivity contribution is 0.416. The summed E-state index contributed by atoms with van der Waals surface area (Å²) in [6.07, 6.45) is 3.78. The lowest BCUT2D eigenvalue weighted by atomic mass is 9.76. The summed E-state index contributed by atoms with van der Waals surface area (Å²) in [6, 6.07) is 13.2. The molecule has 0 saturated heterocycles. The molecular weight excluding hydrogens is 249 g/mol. The van der Waals surface area contributed by atoms with Gasteiger partial charge in [-0.15, -0.1) is 0 Å². The molecule has 1 nitrogen and oxygen atoms in total. The van der Waals surface area contributed by atoms with Crippen molar-refractivity contribution in [2.45, 2.75) is 38.1 Å². The first-order chi connectivity index (χ1) is 9.65. The highest BCUT2D eigenvalue weighted by atomic mass is 19.1. The fourth-order valence-electron chi connectivity index (χ4n) is 3.01. The van der Waals surface area contributed by atoms with Crippen LogP contribution < -0.4 is 5.73 Å². The quantitative estimate of drug-likeness (QED) is 0.875. The third-order valence-corrected chi connectivity index (χ3v) is 4.30. The summed E-state index contributed by atoms with van der Waals surface area (Å²) in [5.74, 6) is 0.420. The first-order valence-corrected chi connectivity index (χ1v) is 7.26. The standard InChI is InChI=1S/C18H20FN/c1-12-9-14(11-15(19)10-12)18(20)17-8-3-2-7-16(17)13-5-4-6-13/h2-3,7-11,13,18H,4-6,20H2,1H3. The Morgan fingerprint density at radius 2 is 1.90 bits per heavy atom. The van der Waals surface area contributed by atoms with E-state index in [0.717, 1.165) is 16.7 Å². The summed E-state index contributed by atoms with van der Waals surface area (Å²) in [4.78, 5) is 0. The highest BCUT2D eigenvalue weighted by Crippen LogP contribution is 2.40. The molecule has 2 heteroatoms. The third-order valence-electron chi connectivity index (χ3n) is 4.30. The van der Waals surface area contributed by atoms with Crippen LogP contribution in [0.15, 0.2) is 42.5 Å². The van der Waals surface area contributed by atoms with E-state index in [9.17, 15) is 4.39 Å². The van der Waals surface area contributed by atoms with Crippen molar-refractivity contribution in [3.05, 3.63) is 70.5 Å². The molecule has 0 aliphatic heterocycles. The molecule has 1 aliphatic rings. The molecule has 0 spiro atoms. The van der Waals surface area contributed by atoms with Gasteiger partial charge in [-0.25, -0.2) is 4.39 Å². The molecule has 1 atom stereocenters. The van der Waals surface area contributed by atoms with Gasteiger partial charge in [-0.05, 0) is 60.1 Å². The predicted molar refractivity (Wildman–Crippen MR) is 80.2 cm³/mol. The van der Waals surface area contributed by atoms with Gasteiger partial charge < -0.3 is 5.73 Å². The van der Waals surface area contributed by atoms with E-state index in [0.29, 0.717) is 5.92 Å². The van der Waals surface area contributed by atoms with Crippen LogP contribution in [0.5, 0.6) is 0 Å². The van der Waals surface area contributed by atoms with Gasteiger partial charge in [0.2, 0.25) is 0 Å². The Hall–Kier alpha value is -1.67. The number of hydrogen-bond donors (Lipinski definition) is 1. The summed E-state index contributed by atoms with van der Waals surface area (Å²) in [5.41, 5.74) is 10.7. The zero-order chi connectivity index (χ0) is 14.1. The number of benzene rings is 2. The second kappa shape index (κ2) is 5.37. The minimum Gasteiger partial charge on any atom is -0.320 e. The van der Waals surface area contributed by atoms with E-state index in [1.807, 2.05) is 19.1 Å². The number of hydrogen-bond acceptors (Lipinski definition) is 1. The van der Waals surface area contributed by atoms with Crippen molar-refractivity contribution in [2.24, 2.45) is 5.73 Å². The highest BCUT2D eigenvalue weighted by Gasteiger charge is 2.24. The molecule has 2 N–H and O–H groups in total. The number of aryl methyl sites for hydroxylation is 1. The Morgan fingerprint density at radius 1 is 1.15 bits per heavy atom. The van der Waals surface area contributed by atoms with Crippen LogP contribution >= 0.6 is 0 Å². The monoisotopic (exact) mass is 269 g/mol. The van der Waals surface area contributed by atoms with Gasteiger partial charge in [0.05, 0.1) is 6.04 Å². The second-order valence-electron chi connectivity index (χ2n) is 5.80. The molecule has 0 heterocycles. The normalized spacial score (nSPS) is 16.8. The summed E-state index contributed by atoms with van der Waals surface area (Å²) in [7, 11) is 0. The molecule has 0 aromatic heterocycles. The summed E-state index contributed by atoms with van der Waals surface area (Å²) < 4.78 is 13.6. The van der Waals surface area contributed by atoms with Gasteiger partial charge in [0, 0.05) is 0 Å². The van der Waals surface area contributed by atoms with Crippen LogP contribution in [0.3, 0.4) is 0 Å². The molecule has 2 aromatic rings. The minimum absolute atomic E-state index is 0.212. The Kier molecular flexibility index (Phi) is 3.58. The van der Waals surface area contributed by atoms with Crippen LogP contribution in [0, 0.1) is 12.7 Å². The Labute approximate surface area is 119 Å². The van der Waals surface area contributed by atoms with Gasteiger partial charge in [0.15, 0.2) is 0 Å². The van der Waals surface area contributed by atoms with Crippen molar-refractivity contribution in [3.8, 4) is 0 Å². The van der Waals surface area contributed by atoms with Gasteiger partial charge in [-0.3, -0.25) is 0 Å². The van der Waals surface area contributed by atoms with E-state index >= 15 is 0 Å². The molecule has 1 unspecified atom stereocenters. The average Bonchev–Trinajstić information content (AvgIpc) is 2.35. The van der Waals surface area contributed by atoms with E-state index in [1.165, 1.54) is 30.9 Å². The Morgan fingerprint density at radius 3 is 2.55 bits per heavy atom. The van der Waals surface area contributed by atoms with Crippen LogP contribution in [0.25, 0.3) is 0 Å². The Balaban J connectivity index is 1.99. The topological polar surface area (TPSA) is 26.0 Å². The SMILES string of the molecule is Cc1cc(F)cc(C(N)c2ccccc2C2CCC2)c1. The molecule has 3 rings (SSSR count). The van der Waals surface area contributed by atoms with Crippen LogP contribution in [0.2, 0.25) is 0 Å². The lowest BCUT2D eigenvalue weighted by Crippen LogP contribution is -2.18. The summed E-state index contributed by atoms with van der Waals surface area (Å²) >= 11 is 0.